The van der Waals surface area contributed by atoms with E-state index < -0.39 is 17.5 Å². The van der Waals surface area contributed by atoms with Crippen LogP contribution in [-0.4, -0.2) is 32.4 Å². The molecule has 3 N–H and O–H groups in total. The van der Waals surface area contributed by atoms with Crippen LogP contribution in [0.2, 0.25) is 0 Å². The van der Waals surface area contributed by atoms with Gasteiger partial charge in [-0.1, -0.05) is 12.8 Å². The van der Waals surface area contributed by atoms with Crippen molar-refractivity contribution in [3.05, 3.63) is 17.5 Å². The number of aliphatic carboxylic acids is 1. The molecule has 7 heteroatoms. The lowest BCUT2D eigenvalue weighted by atomic mass is 9.98. The van der Waals surface area contributed by atoms with Crippen molar-refractivity contribution in [2.75, 3.05) is 0 Å². The van der Waals surface area contributed by atoms with E-state index in [1.54, 1.807) is 11.7 Å². The highest BCUT2D eigenvalue weighted by Crippen LogP contribution is 2.29. The van der Waals surface area contributed by atoms with Crippen LogP contribution in [0.25, 0.3) is 0 Å². The topological polar surface area (TPSA) is 96.3 Å². The van der Waals surface area contributed by atoms with E-state index in [1.807, 2.05) is 13.0 Å². The van der Waals surface area contributed by atoms with Gasteiger partial charge in [0.2, 0.25) is 0 Å². The Hall–Kier alpha value is -2.05. The zero-order chi connectivity index (χ0) is 14.8. The van der Waals surface area contributed by atoms with E-state index in [1.165, 1.54) is 0 Å². The Balaban J connectivity index is 1.92. The highest BCUT2D eigenvalue weighted by atomic mass is 16.4. The number of carbonyl (C=O) groups is 2. The van der Waals surface area contributed by atoms with Crippen molar-refractivity contribution in [3.63, 3.8) is 0 Å². The highest BCUT2D eigenvalue weighted by molar-refractivity contribution is 5.86. The average Bonchev–Trinajstić information content (AvgIpc) is 2.95. The number of carboxylic acid groups (broad SMARTS) is 1. The fourth-order valence-corrected chi connectivity index (χ4v) is 2.63. The number of aryl methyl sites for hydroxylation is 2. The number of hydrogen-bond acceptors (Lipinski definition) is 3. The first-order valence-corrected chi connectivity index (χ1v) is 6.72. The second-order valence-corrected chi connectivity index (χ2v) is 5.30. The van der Waals surface area contributed by atoms with Gasteiger partial charge in [-0.2, -0.15) is 5.10 Å². The Morgan fingerprint density at radius 3 is 2.60 bits per heavy atom. The van der Waals surface area contributed by atoms with E-state index in [0.29, 0.717) is 19.4 Å². The molecule has 1 aliphatic rings. The number of rotatable bonds is 4. The number of nitrogens with one attached hydrogen (secondary N) is 2. The summed E-state index contributed by atoms with van der Waals surface area (Å²) in [4.78, 5) is 23.2. The van der Waals surface area contributed by atoms with Crippen molar-refractivity contribution in [1.29, 1.82) is 0 Å². The third-order valence-electron chi connectivity index (χ3n) is 3.75. The first kappa shape index (κ1) is 14.4. The van der Waals surface area contributed by atoms with Crippen LogP contribution < -0.4 is 10.6 Å². The van der Waals surface area contributed by atoms with Gasteiger partial charge in [0.05, 0.1) is 17.9 Å². The second-order valence-electron chi connectivity index (χ2n) is 5.30. The first-order chi connectivity index (χ1) is 9.43. The van der Waals surface area contributed by atoms with E-state index in [2.05, 4.69) is 15.7 Å². The van der Waals surface area contributed by atoms with Crippen molar-refractivity contribution in [3.8, 4) is 0 Å². The molecule has 0 unspecified atom stereocenters. The highest BCUT2D eigenvalue weighted by Gasteiger charge is 2.42. The van der Waals surface area contributed by atoms with E-state index in [9.17, 15) is 14.7 Å². The number of carboxylic acids is 1. The predicted molar refractivity (Wildman–Crippen MR) is 72.2 cm³/mol. The second kappa shape index (κ2) is 5.52. The minimum Gasteiger partial charge on any atom is -0.480 e. The summed E-state index contributed by atoms with van der Waals surface area (Å²) in [6, 6.07) is 1.43. The van der Waals surface area contributed by atoms with Gasteiger partial charge in [0.25, 0.3) is 0 Å². The largest absolute Gasteiger partial charge is 0.480 e. The van der Waals surface area contributed by atoms with Gasteiger partial charge < -0.3 is 15.7 Å². The van der Waals surface area contributed by atoms with Gasteiger partial charge in [-0.3, -0.25) is 4.68 Å². The molecular weight excluding hydrogens is 260 g/mol. The molecule has 0 bridgehead atoms. The fourth-order valence-electron chi connectivity index (χ4n) is 2.63. The minimum atomic E-state index is -1.10. The van der Waals surface area contributed by atoms with Gasteiger partial charge in [-0.05, 0) is 25.8 Å². The van der Waals surface area contributed by atoms with Crippen molar-refractivity contribution in [1.82, 2.24) is 20.4 Å². The summed E-state index contributed by atoms with van der Waals surface area (Å²) in [6.07, 6.45) is 2.63. The smallest absolute Gasteiger partial charge is 0.329 e. The zero-order valence-electron chi connectivity index (χ0n) is 11.8. The third kappa shape index (κ3) is 2.92. The lowest BCUT2D eigenvalue weighted by Crippen LogP contribution is -2.55. The Morgan fingerprint density at radius 1 is 1.45 bits per heavy atom. The molecular formula is C13H20N4O3. The molecule has 2 rings (SSSR count). The number of hydrogen-bond donors (Lipinski definition) is 3. The molecule has 1 aromatic rings. The molecule has 1 aliphatic carbocycles. The Labute approximate surface area is 117 Å². The Morgan fingerprint density at radius 2 is 2.10 bits per heavy atom. The summed E-state index contributed by atoms with van der Waals surface area (Å²) < 4.78 is 1.69. The van der Waals surface area contributed by atoms with E-state index in [0.717, 1.165) is 24.2 Å². The van der Waals surface area contributed by atoms with Crippen molar-refractivity contribution < 1.29 is 14.7 Å². The molecule has 1 heterocycles. The maximum Gasteiger partial charge on any atom is 0.329 e. The van der Waals surface area contributed by atoms with Crippen molar-refractivity contribution in [2.45, 2.75) is 44.7 Å². The molecule has 0 radical (unpaired) electrons. The summed E-state index contributed by atoms with van der Waals surface area (Å²) in [5, 5.41) is 18.8. The molecule has 110 valence electrons. The summed E-state index contributed by atoms with van der Waals surface area (Å²) >= 11 is 0. The van der Waals surface area contributed by atoms with Crippen LogP contribution in [0, 0.1) is 6.92 Å². The molecule has 7 nitrogen and oxygen atoms in total. The van der Waals surface area contributed by atoms with Crippen LogP contribution in [0.1, 0.15) is 37.1 Å². The quantitative estimate of drug-likeness (QED) is 0.764. The maximum absolute atomic E-state index is 11.9. The summed E-state index contributed by atoms with van der Waals surface area (Å²) in [7, 11) is 1.80. The molecule has 2 amide bonds. The standard InChI is InChI=1S/C13H20N4O3/c1-9-7-10(17(2)16-9)8-14-12(20)15-13(11(18)19)5-3-4-6-13/h7H,3-6,8H2,1-2H3,(H,18,19)(H2,14,15,20). The molecule has 0 aromatic carbocycles. The van der Waals surface area contributed by atoms with Gasteiger partial charge in [0.1, 0.15) is 5.54 Å². The third-order valence-corrected chi connectivity index (χ3v) is 3.75. The number of nitrogens with zero attached hydrogens (tertiary/aromatic N) is 2. The number of amides is 2. The SMILES string of the molecule is Cc1cc(CNC(=O)NC2(C(=O)O)CCCC2)n(C)n1. The Bertz CT molecular complexity index is 518. The molecule has 1 aromatic heterocycles. The lowest BCUT2D eigenvalue weighted by Gasteiger charge is -2.25. The van der Waals surface area contributed by atoms with E-state index >= 15 is 0 Å². The number of aromatic nitrogens is 2. The summed E-state index contributed by atoms with van der Waals surface area (Å²) in [6.45, 7) is 2.19. The molecule has 1 saturated carbocycles. The van der Waals surface area contributed by atoms with E-state index in [-0.39, 0.29) is 0 Å². The molecule has 1 fully saturated rings. The van der Waals surface area contributed by atoms with Gasteiger partial charge in [-0.25, -0.2) is 9.59 Å². The zero-order valence-corrected chi connectivity index (χ0v) is 11.8. The predicted octanol–water partition coefficient (Wildman–Crippen LogP) is 0.925. The minimum absolute atomic E-state index is 0.318. The average molecular weight is 280 g/mol. The van der Waals surface area contributed by atoms with Gasteiger partial charge >= 0.3 is 12.0 Å². The summed E-state index contributed by atoms with van der Waals surface area (Å²) in [5.41, 5.74) is 0.642. The van der Waals surface area contributed by atoms with Crippen LogP contribution >= 0.6 is 0 Å². The molecule has 0 atom stereocenters. The number of urea groups is 1. The van der Waals surface area contributed by atoms with Gasteiger partial charge in [0, 0.05) is 7.05 Å². The molecule has 0 spiro atoms. The van der Waals surface area contributed by atoms with Gasteiger partial charge in [0.15, 0.2) is 0 Å². The van der Waals surface area contributed by atoms with Crippen molar-refractivity contribution in [2.24, 2.45) is 7.05 Å². The maximum atomic E-state index is 11.9. The van der Waals surface area contributed by atoms with Crippen LogP contribution in [0.5, 0.6) is 0 Å². The van der Waals surface area contributed by atoms with Crippen LogP contribution in [0.4, 0.5) is 4.79 Å². The normalized spacial score (nSPS) is 16.9. The Kier molecular flexibility index (Phi) is 3.96. The molecule has 0 saturated heterocycles. The molecule has 0 aliphatic heterocycles. The van der Waals surface area contributed by atoms with Crippen LogP contribution in [0.15, 0.2) is 6.07 Å². The van der Waals surface area contributed by atoms with Gasteiger partial charge in [-0.15, -0.1) is 0 Å². The summed E-state index contributed by atoms with van der Waals surface area (Å²) in [5.74, 6) is -0.957. The first-order valence-electron chi connectivity index (χ1n) is 6.72. The monoisotopic (exact) mass is 280 g/mol. The molecule has 20 heavy (non-hydrogen) atoms. The van der Waals surface area contributed by atoms with Crippen LogP contribution in [0.3, 0.4) is 0 Å². The fraction of sp³-hybridized carbons (Fsp3) is 0.615. The number of carbonyl (C=O) groups excluding carboxylic acids is 1. The van der Waals surface area contributed by atoms with Crippen molar-refractivity contribution >= 4 is 12.0 Å². The lowest BCUT2D eigenvalue weighted by molar-refractivity contribution is -0.144. The van der Waals surface area contributed by atoms with E-state index in [4.69, 9.17) is 0 Å². The van der Waals surface area contributed by atoms with Crippen LogP contribution in [-0.2, 0) is 18.4 Å².